The summed E-state index contributed by atoms with van der Waals surface area (Å²) >= 11 is 1.46. The molecule has 1 heterocycles. The first-order chi connectivity index (χ1) is 10.7. The summed E-state index contributed by atoms with van der Waals surface area (Å²) in [7, 11) is 1.88. The molecule has 0 unspecified atom stereocenters. The van der Waals surface area contributed by atoms with E-state index in [-0.39, 0.29) is 6.61 Å². The lowest BCUT2D eigenvalue weighted by molar-refractivity contribution is 0.126. The number of ether oxygens (including phenoxy) is 1. The van der Waals surface area contributed by atoms with Crippen LogP contribution in [0.2, 0.25) is 0 Å². The van der Waals surface area contributed by atoms with Gasteiger partial charge in [0, 0.05) is 12.8 Å². The molecule has 0 fully saturated rings. The highest BCUT2D eigenvalue weighted by Gasteiger charge is 2.09. The summed E-state index contributed by atoms with van der Waals surface area (Å²) in [5.41, 5.74) is 0. The predicted octanol–water partition coefficient (Wildman–Crippen LogP) is 2.50. The zero-order chi connectivity index (χ0) is 15.4. The summed E-state index contributed by atoms with van der Waals surface area (Å²) in [5, 5.41) is 20.9. The summed E-state index contributed by atoms with van der Waals surface area (Å²) in [4.78, 5) is 0. The van der Waals surface area contributed by atoms with Gasteiger partial charge in [0.25, 0.3) is 0 Å². The standard InChI is InChI=1S/C16H17N3O2S/c1-19-11-17-18-16(19)22-10-14(20)9-21-15-7-6-12-4-2-3-5-13(12)8-15/h2-8,11,14,20H,9-10H2,1H3/t14-/m1/s1. The van der Waals surface area contributed by atoms with Crippen molar-refractivity contribution in [2.45, 2.75) is 11.3 Å². The van der Waals surface area contributed by atoms with E-state index in [0.29, 0.717) is 5.75 Å². The molecule has 0 bridgehead atoms. The fourth-order valence-corrected chi connectivity index (χ4v) is 2.87. The zero-order valence-electron chi connectivity index (χ0n) is 12.2. The van der Waals surface area contributed by atoms with E-state index in [1.54, 1.807) is 6.33 Å². The van der Waals surface area contributed by atoms with Crippen LogP contribution < -0.4 is 4.74 Å². The monoisotopic (exact) mass is 315 g/mol. The Morgan fingerprint density at radius 1 is 1.23 bits per heavy atom. The van der Waals surface area contributed by atoms with E-state index in [1.165, 1.54) is 17.1 Å². The van der Waals surface area contributed by atoms with Crippen molar-refractivity contribution >= 4 is 22.5 Å². The molecule has 1 N–H and O–H groups in total. The number of hydrogen-bond donors (Lipinski definition) is 1. The molecule has 0 saturated heterocycles. The molecule has 0 aliphatic carbocycles. The summed E-state index contributed by atoms with van der Waals surface area (Å²) < 4.78 is 7.49. The molecule has 2 aromatic carbocycles. The highest BCUT2D eigenvalue weighted by Crippen LogP contribution is 2.21. The van der Waals surface area contributed by atoms with E-state index < -0.39 is 6.10 Å². The summed E-state index contributed by atoms with van der Waals surface area (Å²) in [5.74, 6) is 1.28. The number of rotatable bonds is 6. The Morgan fingerprint density at radius 2 is 2.05 bits per heavy atom. The minimum atomic E-state index is -0.562. The van der Waals surface area contributed by atoms with Gasteiger partial charge in [-0.25, -0.2) is 0 Å². The number of benzene rings is 2. The zero-order valence-corrected chi connectivity index (χ0v) is 13.0. The van der Waals surface area contributed by atoms with Crippen LogP contribution >= 0.6 is 11.8 Å². The third kappa shape index (κ3) is 3.58. The Kier molecular flexibility index (Phi) is 4.60. The van der Waals surface area contributed by atoms with Crippen molar-refractivity contribution in [2.75, 3.05) is 12.4 Å². The van der Waals surface area contributed by atoms with Crippen molar-refractivity contribution in [2.24, 2.45) is 7.05 Å². The maximum atomic E-state index is 10.0. The Balaban J connectivity index is 1.53. The first-order valence-electron chi connectivity index (χ1n) is 6.99. The van der Waals surface area contributed by atoms with Crippen LogP contribution in [0.1, 0.15) is 0 Å². The van der Waals surface area contributed by atoms with Gasteiger partial charge < -0.3 is 14.4 Å². The van der Waals surface area contributed by atoms with Gasteiger partial charge in [-0.15, -0.1) is 10.2 Å². The van der Waals surface area contributed by atoms with Crippen LogP contribution in [0.5, 0.6) is 5.75 Å². The molecule has 6 heteroatoms. The van der Waals surface area contributed by atoms with Gasteiger partial charge in [0.15, 0.2) is 5.16 Å². The van der Waals surface area contributed by atoms with E-state index >= 15 is 0 Å². The first kappa shape index (κ1) is 14.9. The molecule has 0 aliphatic rings. The fraction of sp³-hybridized carbons (Fsp3) is 0.250. The van der Waals surface area contributed by atoms with Gasteiger partial charge in [0.1, 0.15) is 18.7 Å². The maximum Gasteiger partial charge on any atom is 0.190 e. The second kappa shape index (κ2) is 6.81. The van der Waals surface area contributed by atoms with Crippen LogP contribution in [0.4, 0.5) is 0 Å². The number of aliphatic hydroxyl groups is 1. The molecule has 0 radical (unpaired) electrons. The van der Waals surface area contributed by atoms with Crippen LogP contribution in [0, 0.1) is 0 Å². The lowest BCUT2D eigenvalue weighted by Gasteiger charge is -2.12. The van der Waals surface area contributed by atoms with Crippen LogP contribution in [-0.4, -0.2) is 38.3 Å². The fourth-order valence-electron chi connectivity index (χ4n) is 2.07. The Bertz CT molecular complexity index is 760. The molecule has 3 aromatic rings. The number of aliphatic hydroxyl groups excluding tert-OH is 1. The molecule has 0 aliphatic heterocycles. The molecule has 1 aromatic heterocycles. The van der Waals surface area contributed by atoms with E-state index in [9.17, 15) is 5.11 Å². The minimum absolute atomic E-state index is 0.253. The van der Waals surface area contributed by atoms with Crippen molar-refractivity contribution in [3.63, 3.8) is 0 Å². The van der Waals surface area contributed by atoms with Gasteiger partial charge in [-0.3, -0.25) is 0 Å². The van der Waals surface area contributed by atoms with Crippen molar-refractivity contribution in [1.29, 1.82) is 0 Å². The minimum Gasteiger partial charge on any atom is -0.491 e. The van der Waals surface area contributed by atoms with Gasteiger partial charge in [0.2, 0.25) is 0 Å². The lowest BCUT2D eigenvalue weighted by Crippen LogP contribution is -2.20. The maximum absolute atomic E-state index is 10.0. The van der Waals surface area contributed by atoms with Gasteiger partial charge in [-0.2, -0.15) is 0 Å². The number of thioether (sulfide) groups is 1. The topological polar surface area (TPSA) is 60.2 Å². The molecule has 22 heavy (non-hydrogen) atoms. The first-order valence-corrected chi connectivity index (χ1v) is 7.97. The molecule has 0 amide bonds. The Morgan fingerprint density at radius 3 is 2.82 bits per heavy atom. The molecule has 5 nitrogen and oxygen atoms in total. The normalized spacial score (nSPS) is 12.5. The highest BCUT2D eigenvalue weighted by atomic mass is 32.2. The van der Waals surface area contributed by atoms with Crippen molar-refractivity contribution in [3.05, 3.63) is 48.8 Å². The Hall–Kier alpha value is -2.05. The Labute approximate surface area is 132 Å². The average molecular weight is 315 g/mol. The van der Waals surface area contributed by atoms with Crippen molar-refractivity contribution < 1.29 is 9.84 Å². The smallest absolute Gasteiger partial charge is 0.190 e. The van der Waals surface area contributed by atoms with Crippen LogP contribution in [0.3, 0.4) is 0 Å². The second-order valence-corrected chi connectivity index (χ2v) is 6.00. The molecule has 3 rings (SSSR count). The van der Waals surface area contributed by atoms with Crippen LogP contribution in [0.15, 0.2) is 53.9 Å². The second-order valence-electron chi connectivity index (χ2n) is 5.01. The van der Waals surface area contributed by atoms with Crippen LogP contribution in [0.25, 0.3) is 10.8 Å². The van der Waals surface area contributed by atoms with Gasteiger partial charge in [-0.1, -0.05) is 42.1 Å². The summed E-state index contributed by atoms with van der Waals surface area (Å²) in [6.07, 6.45) is 1.08. The summed E-state index contributed by atoms with van der Waals surface area (Å²) in [6.45, 7) is 0.253. The van der Waals surface area contributed by atoms with Crippen LogP contribution in [-0.2, 0) is 7.05 Å². The third-order valence-corrected chi connectivity index (χ3v) is 4.42. The lowest BCUT2D eigenvalue weighted by atomic mass is 10.1. The van der Waals surface area contributed by atoms with Gasteiger partial charge in [0.05, 0.1) is 6.10 Å². The van der Waals surface area contributed by atoms with Crippen molar-refractivity contribution in [1.82, 2.24) is 14.8 Å². The molecule has 1 atom stereocenters. The molecular formula is C16H17N3O2S. The third-order valence-electron chi connectivity index (χ3n) is 3.24. The van der Waals surface area contributed by atoms with E-state index in [2.05, 4.69) is 16.3 Å². The number of fused-ring (bicyclic) bond motifs is 1. The highest BCUT2D eigenvalue weighted by molar-refractivity contribution is 7.99. The number of aryl methyl sites for hydroxylation is 1. The number of nitrogens with zero attached hydrogens (tertiary/aromatic N) is 3. The van der Waals surface area contributed by atoms with Gasteiger partial charge in [-0.05, 0) is 22.9 Å². The number of hydrogen-bond acceptors (Lipinski definition) is 5. The summed E-state index contributed by atoms with van der Waals surface area (Å²) in [6, 6.07) is 14.0. The molecular weight excluding hydrogens is 298 g/mol. The predicted molar refractivity (Wildman–Crippen MR) is 87.2 cm³/mol. The van der Waals surface area contributed by atoms with E-state index in [0.717, 1.165) is 16.3 Å². The molecule has 0 saturated carbocycles. The van der Waals surface area contributed by atoms with Crippen molar-refractivity contribution in [3.8, 4) is 5.75 Å². The van der Waals surface area contributed by atoms with E-state index in [4.69, 9.17) is 4.74 Å². The molecule has 114 valence electrons. The largest absolute Gasteiger partial charge is 0.491 e. The molecule has 0 spiro atoms. The average Bonchev–Trinajstić information content (AvgIpc) is 2.96. The quantitative estimate of drug-likeness (QED) is 0.708. The van der Waals surface area contributed by atoms with E-state index in [1.807, 2.05) is 48.0 Å². The SMILES string of the molecule is Cn1cnnc1SC[C@H](O)COc1ccc2ccccc2c1. The number of aromatic nitrogens is 3. The van der Waals surface area contributed by atoms with Gasteiger partial charge >= 0.3 is 0 Å².